The summed E-state index contributed by atoms with van der Waals surface area (Å²) in [6, 6.07) is 17.5. The molecule has 0 bridgehead atoms. The van der Waals surface area contributed by atoms with Crippen molar-refractivity contribution in [1.82, 2.24) is 0 Å². The van der Waals surface area contributed by atoms with E-state index < -0.39 is 23.1 Å². The van der Waals surface area contributed by atoms with E-state index in [0.29, 0.717) is 11.1 Å². The van der Waals surface area contributed by atoms with Gasteiger partial charge in [0.05, 0.1) is 11.1 Å². The first-order valence-corrected chi connectivity index (χ1v) is 11.1. The molecule has 0 fully saturated rings. The number of hydrogen-bond donors (Lipinski definition) is 1. The van der Waals surface area contributed by atoms with E-state index in [1.807, 2.05) is 55.4 Å². The Labute approximate surface area is 202 Å². The van der Waals surface area contributed by atoms with Gasteiger partial charge in [-0.1, -0.05) is 24.3 Å². The molecule has 35 heavy (non-hydrogen) atoms. The zero-order valence-electron chi connectivity index (χ0n) is 19.5. The predicted octanol–water partition coefficient (Wildman–Crippen LogP) is 4.72. The van der Waals surface area contributed by atoms with Gasteiger partial charge in [0.1, 0.15) is 0 Å². The number of carbonyl (C=O) groups is 4. The molecule has 0 aliphatic heterocycles. The Balaban J connectivity index is 1.49. The van der Waals surface area contributed by atoms with Gasteiger partial charge in [-0.15, -0.1) is 0 Å². The van der Waals surface area contributed by atoms with Crippen LogP contribution in [-0.4, -0.2) is 44.3 Å². The summed E-state index contributed by atoms with van der Waals surface area (Å²) < 4.78 is 0. The minimum Gasteiger partial charge on any atom is -0.388 e. The van der Waals surface area contributed by atoms with Crippen molar-refractivity contribution in [3.05, 3.63) is 105 Å². The van der Waals surface area contributed by atoms with Crippen molar-refractivity contribution < 1.29 is 19.2 Å². The van der Waals surface area contributed by atoms with Crippen molar-refractivity contribution in [3.63, 3.8) is 0 Å². The lowest BCUT2D eigenvalue weighted by Gasteiger charge is -2.11. The summed E-state index contributed by atoms with van der Waals surface area (Å²) in [5, 5.41) is 3.01. The molecule has 0 unspecified atom stereocenters. The Morgan fingerprint density at radius 1 is 0.600 bits per heavy atom. The van der Waals surface area contributed by atoms with Gasteiger partial charge in [0.25, 0.3) is 0 Å². The molecular formula is C29H22N2O4. The zero-order chi connectivity index (χ0) is 24.9. The van der Waals surface area contributed by atoms with E-state index in [2.05, 4.69) is 5.32 Å². The molecule has 0 radical (unpaired) electrons. The smallest absolute Gasteiger partial charge is 0.197 e. The SMILES string of the molecule is CNc1ccc(C=C2C(=O)c3cc4c(cc3C2=O)C(=O)C(=Cc2ccc(N(C)C)cc2)C4=O)cc1. The molecular weight excluding hydrogens is 440 g/mol. The first kappa shape index (κ1) is 22.2. The van der Waals surface area contributed by atoms with Crippen LogP contribution in [0.5, 0.6) is 0 Å². The third-order valence-corrected chi connectivity index (χ3v) is 6.35. The molecule has 5 rings (SSSR count). The van der Waals surface area contributed by atoms with Gasteiger partial charge in [0.2, 0.25) is 0 Å². The van der Waals surface area contributed by atoms with Crippen LogP contribution in [0.4, 0.5) is 11.4 Å². The van der Waals surface area contributed by atoms with Crippen LogP contribution in [0, 0.1) is 0 Å². The number of fused-ring (bicyclic) bond motifs is 2. The maximum absolute atomic E-state index is 13.1. The number of carbonyl (C=O) groups excluding carboxylic acids is 4. The number of allylic oxidation sites excluding steroid dienone is 2. The molecule has 172 valence electrons. The number of rotatable bonds is 4. The molecule has 0 spiro atoms. The van der Waals surface area contributed by atoms with Crippen LogP contribution in [0.25, 0.3) is 12.2 Å². The molecule has 6 nitrogen and oxygen atoms in total. The number of benzene rings is 3. The minimum atomic E-state index is -0.442. The van der Waals surface area contributed by atoms with E-state index >= 15 is 0 Å². The average molecular weight is 463 g/mol. The van der Waals surface area contributed by atoms with Gasteiger partial charge >= 0.3 is 0 Å². The summed E-state index contributed by atoms with van der Waals surface area (Å²) in [4.78, 5) is 54.3. The number of Topliss-reactive ketones (excluding diaryl/α,β-unsaturated/α-hetero) is 4. The van der Waals surface area contributed by atoms with Crippen molar-refractivity contribution in [2.45, 2.75) is 0 Å². The Morgan fingerprint density at radius 2 is 0.971 bits per heavy atom. The van der Waals surface area contributed by atoms with Crippen LogP contribution in [0.3, 0.4) is 0 Å². The monoisotopic (exact) mass is 462 g/mol. The largest absolute Gasteiger partial charge is 0.388 e. The third-order valence-electron chi connectivity index (χ3n) is 6.35. The highest BCUT2D eigenvalue weighted by molar-refractivity contribution is 6.45. The van der Waals surface area contributed by atoms with Crippen molar-refractivity contribution in [1.29, 1.82) is 0 Å². The van der Waals surface area contributed by atoms with Crippen molar-refractivity contribution in [2.75, 3.05) is 31.4 Å². The van der Waals surface area contributed by atoms with Gasteiger partial charge in [-0.05, 0) is 59.7 Å². The Morgan fingerprint density at radius 3 is 1.31 bits per heavy atom. The maximum Gasteiger partial charge on any atom is 0.197 e. The van der Waals surface area contributed by atoms with E-state index in [0.717, 1.165) is 11.4 Å². The quantitative estimate of drug-likeness (QED) is 0.446. The van der Waals surface area contributed by atoms with Crippen LogP contribution < -0.4 is 10.2 Å². The van der Waals surface area contributed by atoms with Crippen molar-refractivity contribution >= 4 is 46.7 Å². The van der Waals surface area contributed by atoms with Crippen LogP contribution in [0.15, 0.2) is 71.8 Å². The highest BCUT2D eigenvalue weighted by Gasteiger charge is 2.40. The second kappa shape index (κ2) is 8.33. The molecule has 0 atom stereocenters. The predicted molar refractivity (Wildman–Crippen MR) is 136 cm³/mol. The second-order valence-electron chi connectivity index (χ2n) is 8.73. The number of hydrogen-bond acceptors (Lipinski definition) is 6. The van der Waals surface area contributed by atoms with Gasteiger partial charge in [-0.25, -0.2) is 0 Å². The normalized spacial score (nSPS) is 14.3. The zero-order valence-corrected chi connectivity index (χ0v) is 19.5. The molecule has 3 aromatic rings. The molecule has 0 aromatic heterocycles. The Hall–Kier alpha value is -4.58. The van der Waals surface area contributed by atoms with Gasteiger partial charge in [0, 0.05) is 54.8 Å². The summed E-state index contributed by atoms with van der Waals surface area (Å²) in [7, 11) is 5.66. The van der Waals surface area contributed by atoms with E-state index in [-0.39, 0.29) is 33.4 Å². The number of anilines is 2. The molecule has 2 aliphatic rings. The van der Waals surface area contributed by atoms with Gasteiger partial charge < -0.3 is 10.2 Å². The summed E-state index contributed by atoms with van der Waals surface area (Å²) >= 11 is 0. The second-order valence-corrected chi connectivity index (χ2v) is 8.73. The van der Waals surface area contributed by atoms with Gasteiger partial charge in [-0.2, -0.15) is 0 Å². The average Bonchev–Trinajstić information content (AvgIpc) is 3.23. The first-order chi connectivity index (χ1) is 16.8. The van der Waals surface area contributed by atoms with E-state index in [1.54, 1.807) is 31.3 Å². The fourth-order valence-electron chi connectivity index (χ4n) is 4.35. The standard InChI is InChI=1S/C29H22N2O4/c1-30-18-8-4-16(5-9-18)12-24-26(32)20-14-22-23(15-21(20)27(24)33)29(35)25(28(22)34)13-17-6-10-19(11-7-17)31(2)3/h4-15,30H,1-3H3. The molecule has 2 aliphatic carbocycles. The van der Waals surface area contributed by atoms with Crippen molar-refractivity contribution in [3.8, 4) is 0 Å². The van der Waals surface area contributed by atoms with Crippen LogP contribution in [-0.2, 0) is 0 Å². The lowest BCUT2D eigenvalue weighted by atomic mass is 10.0. The molecule has 1 N–H and O–H groups in total. The number of nitrogens with zero attached hydrogens (tertiary/aromatic N) is 1. The van der Waals surface area contributed by atoms with E-state index in [9.17, 15) is 19.2 Å². The van der Waals surface area contributed by atoms with Crippen molar-refractivity contribution in [2.24, 2.45) is 0 Å². The highest BCUT2D eigenvalue weighted by Crippen LogP contribution is 2.36. The summed E-state index contributed by atoms with van der Waals surface area (Å²) in [6.45, 7) is 0. The number of nitrogens with one attached hydrogen (secondary N) is 1. The van der Waals surface area contributed by atoms with Gasteiger partial charge in [-0.3, -0.25) is 19.2 Å². The minimum absolute atomic E-state index is 0.0255. The Bertz CT molecular complexity index is 1430. The number of ketones is 4. The fraction of sp³-hybridized carbons (Fsp3) is 0.103. The van der Waals surface area contributed by atoms with Crippen LogP contribution in [0.1, 0.15) is 52.6 Å². The highest BCUT2D eigenvalue weighted by atomic mass is 16.2. The molecule has 0 saturated carbocycles. The van der Waals surface area contributed by atoms with Crippen LogP contribution >= 0.6 is 0 Å². The van der Waals surface area contributed by atoms with Crippen LogP contribution in [0.2, 0.25) is 0 Å². The fourth-order valence-corrected chi connectivity index (χ4v) is 4.35. The molecule has 0 heterocycles. The lowest BCUT2D eigenvalue weighted by Crippen LogP contribution is -2.08. The molecule has 0 saturated heterocycles. The topological polar surface area (TPSA) is 83.6 Å². The molecule has 6 heteroatoms. The van der Waals surface area contributed by atoms with E-state index in [1.165, 1.54) is 12.1 Å². The molecule has 0 amide bonds. The summed E-state index contributed by atoms with van der Waals surface area (Å²) in [5.41, 5.74) is 4.01. The maximum atomic E-state index is 13.1. The van der Waals surface area contributed by atoms with Gasteiger partial charge in [0.15, 0.2) is 23.1 Å². The summed E-state index contributed by atoms with van der Waals surface area (Å²) in [5.74, 6) is -1.76. The first-order valence-electron chi connectivity index (χ1n) is 11.1. The third kappa shape index (κ3) is 3.69. The summed E-state index contributed by atoms with van der Waals surface area (Å²) in [6.07, 6.45) is 3.10. The van der Waals surface area contributed by atoms with E-state index in [4.69, 9.17) is 0 Å². The lowest BCUT2D eigenvalue weighted by molar-refractivity contribution is 0.0978. The molecule has 3 aromatic carbocycles. The Kier molecular flexibility index (Phi) is 5.29.